The molecular weight excluding hydrogens is 197 g/mol. The van der Waals surface area contributed by atoms with Crippen molar-refractivity contribution in [2.75, 3.05) is 6.61 Å². The first-order chi connectivity index (χ1) is 6.56. The van der Waals surface area contributed by atoms with Crippen molar-refractivity contribution in [3.8, 4) is 0 Å². The van der Waals surface area contributed by atoms with Crippen molar-refractivity contribution in [3.63, 3.8) is 0 Å². The fourth-order valence-corrected chi connectivity index (χ4v) is 0.889. The summed E-state index contributed by atoms with van der Waals surface area (Å²) in [5.74, 6) is 0. The van der Waals surface area contributed by atoms with Crippen LogP contribution in [0.3, 0.4) is 0 Å². The van der Waals surface area contributed by atoms with Gasteiger partial charge in [-0.15, -0.1) is 0 Å². The number of halogens is 3. The minimum atomic E-state index is -4.40. The Labute approximate surface area is 80.7 Å². The molecule has 0 atom stereocenters. The lowest BCUT2D eigenvalue weighted by Gasteiger charge is -2.01. The van der Waals surface area contributed by atoms with Crippen molar-refractivity contribution < 1.29 is 22.7 Å². The maximum absolute atomic E-state index is 11.0. The van der Waals surface area contributed by atoms with Crippen molar-refractivity contribution >= 4 is 6.47 Å². The fourth-order valence-electron chi connectivity index (χ4n) is 0.889. The minimum Gasteiger partial charge on any atom is -0.458 e. The van der Waals surface area contributed by atoms with Gasteiger partial charge in [-0.05, 0) is 25.7 Å². The number of carbonyl (C=O) groups is 1. The molecule has 5 heteroatoms. The highest BCUT2D eigenvalue weighted by molar-refractivity contribution is 5.36. The van der Waals surface area contributed by atoms with Crippen molar-refractivity contribution in [3.05, 3.63) is 12.2 Å². The lowest BCUT2D eigenvalue weighted by Crippen LogP contribution is -2.15. The molecule has 0 saturated carbocycles. The summed E-state index contributed by atoms with van der Waals surface area (Å²) >= 11 is 0. The zero-order valence-corrected chi connectivity index (χ0v) is 7.72. The third-order valence-corrected chi connectivity index (χ3v) is 1.47. The third-order valence-electron chi connectivity index (χ3n) is 1.47. The van der Waals surface area contributed by atoms with Crippen LogP contribution >= 0.6 is 0 Å². The van der Waals surface area contributed by atoms with Crippen LogP contribution in [-0.4, -0.2) is 19.3 Å². The van der Waals surface area contributed by atoms with Crippen LogP contribution in [0.1, 0.15) is 25.7 Å². The van der Waals surface area contributed by atoms with E-state index in [2.05, 4.69) is 16.9 Å². The van der Waals surface area contributed by atoms with Gasteiger partial charge in [-0.2, -0.15) is 13.2 Å². The van der Waals surface area contributed by atoms with E-state index in [9.17, 15) is 13.2 Å². The van der Waals surface area contributed by atoms with Crippen LogP contribution in [-0.2, 0) is 9.53 Å². The highest BCUT2D eigenvalue weighted by atomic mass is 19.4. The van der Waals surface area contributed by atoms with Gasteiger partial charge in [0.05, 0.1) is 0 Å². The Balaban J connectivity index is 0.000000249. The number of alkyl halides is 3. The highest BCUT2D eigenvalue weighted by Crippen LogP contribution is 2.13. The number of ether oxygens (including phenoxy) is 1. The van der Waals surface area contributed by atoms with Gasteiger partial charge in [0.25, 0.3) is 6.47 Å². The molecule has 1 aliphatic rings. The molecule has 0 bridgehead atoms. The molecule has 1 aliphatic carbocycles. The summed E-state index contributed by atoms with van der Waals surface area (Å²) in [6, 6.07) is 0. The molecule has 2 nitrogen and oxygen atoms in total. The number of allylic oxidation sites excluding steroid dienone is 2. The van der Waals surface area contributed by atoms with E-state index in [1.807, 2.05) is 0 Å². The average molecular weight is 210 g/mol. The maximum Gasteiger partial charge on any atom is 0.422 e. The van der Waals surface area contributed by atoms with Gasteiger partial charge in [0.1, 0.15) is 0 Å². The predicted octanol–water partition coefficient (Wildman–Crippen LogP) is 2.84. The number of rotatable bonds is 2. The Hall–Kier alpha value is -1.00. The number of hydrogen-bond donors (Lipinski definition) is 0. The van der Waals surface area contributed by atoms with Gasteiger partial charge in [-0.25, -0.2) is 0 Å². The third kappa shape index (κ3) is 11.0. The van der Waals surface area contributed by atoms with Gasteiger partial charge in [-0.3, -0.25) is 4.79 Å². The van der Waals surface area contributed by atoms with Crippen LogP contribution in [0.25, 0.3) is 0 Å². The van der Waals surface area contributed by atoms with Crippen LogP contribution in [0.2, 0.25) is 0 Å². The monoisotopic (exact) mass is 210 g/mol. The second kappa shape index (κ2) is 7.41. The number of carbonyl (C=O) groups excluding carboxylic acids is 1. The SMILES string of the molecule is C1=CCCCC1.O=COCC(F)(F)F. The summed E-state index contributed by atoms with van der Waals surface area (Å²) in [5, 5.41) is 0. The summed E-state index contributed by atoms with van der Waals surface area (Å²) in [5.41, 5.74) is 0. The van der Waals surface area contributed by atoms with Gasteiger partial charge in [0.15, 0.2) is 6.61 Å². The molecule has 1 rings (SSSR count). The van der Waals surface area contributed by atoms with Crippen LogP contribution in [0.4, 0.5) is 13.2 Å². The first-order valence-corrected chi connectivity index (χ1v) is 4.33. The molecule has 0 unspecified atom stereocenters. The smallest absolute Gasteiger partial charge is 0.422 e. The first kappa shape index (κ1) is 13.0. The topological polar surface area (TPSA) is 26.3 Å². The molecule has 0 heterocycles. The molecule has 0 N–H and O–H groups in total. The van der Waals surface area contributed by atoms with Crippen molar-refractivity contribution in [1.29, 1.82) is 0 Å². The van der Waals surface area contributed by atoms with E-state index in [1.54, 1.807) is 0 Å². The minimum absolute atomic E-state index is 0.243. The summed E-state index contributed by atoms with van der Waals surface area (Å²) in [7, 11) is 0. The van der Waals surface area contributed by atoms with Crippen LogP contribution in [0.15, 0.2) is 12.2 Å². The standard InChI is InChI=1S/C6H10.C3H3F3O2/c1-2-4-6-5-3-1;4-3(5,6)1-8-2-7/h1-2H,3-6H2;2H,1H2. The second-order valence-electron chi connectivity index (χ2n) is 2.78. The molecule has 0 aromatic heterocycles. The van der Waals surface area contributed by atoms with E-state index in [1.165, 1.54) is 25.7 Å². The Bertz CT molecular complexity index is 167. The molecule has 0 aliphatic heterocycles. The van der Waals surface area contributed by atoms with E-state index in [0.29, 0.717) is 0 Å². The second-order valence-corrected chi connectivity index (χ2v) is 2.78. The molecule has 0 fully saturated rings. The van der Waals surface area contributed by atoms with Crippen molar-refractivity contribution in [1.82, 2.24) is 0 Å². The summed E-state index contributed by atoms with van der Waals surface area (Å²) in [6.45, 7) is -1.75. The molecule has 82 valence electrons. The average Bonchev–Trinajstić information content (AvgIpc) is 2.17. The molecule has 14 heavy (non-hydrogen) atoms. The zero-order chi connectivity index (χ0) is 10.9. The molecule has 0 spiro atoms. The lowest BCUT2D eigenvalue weighted by molar-refractivity contribution is -0.177. The summed E-state index contributed by atoms with van der Waals surface area (Å²) in [6.07, 6.45) is 5.60. The fraction of sp³-hybridized carbons (Fsp3) is 0.667. The van der Waals surface area contributed by atoms with E-state index in [0.717, 1.165) is 0 Å². The van der Waals surface area contributed by atoms with Crippen LogP contribution < -0.4 is 0 Å². The first-order valence-electron chi connectivity index (χ1n) is 4.33. The normalized spacial score (nSPS) is 15.4. The summed E-state index contributed by atoms with van der Waals surface area (Å²) < 4.78 is 36.3. The van der Waals surface area contributed by atoms with Gasteiger partial charge in [-0.1, -0.05) is 12.2 Å². The maximum atomic E-state index is 11.0. The van der Waals surface area contributed by atoms with Crippen LogP contribution in [0.5, 0.6) is 0 Å². The van der Waals surface area contributed by atoms with Crippen molar-refractivity contribution in [2.45, 2.75) is 31.9 Å². The molecule has 0 aromatic carbocycles. The van der Waals surface area contributed by atoms with Gasteiger partial charge in [0.2, 0.25) is 0 Å². The molecule has 0 saturated heterocycles. The van der Waals surface area contributed by atoms with E-state index < -0.39 is 12.8 Å². The Morgan fingerprint density at radius 2 is 1.71 bits per heavy atom. The molecule has 0 radical (unpaired) electrons. The van der Waals surface area contributed by atoms with Gasteiger partial charge in [0, 0.05) is 0 Å². The Morgan fingerprint density at radius 3 is 1.86 bits per heavy atom. The van der Waals surface area contributed by atoms with Gasteiger partial charge < -0.3 is 4.74 Å². The predicted molar refractivity (Wildman–Crippen MR) is 45.7 cm³/mol. The van der Waals surface area contributed by atoms with Gasteiger partial charge >= 0.3 is 6.18 Å². The largest absolute Gasteiger partial charge is 0.458 e. The number of hydrogen-bond acceptors (Lipinski definition) is 2. The Morgan fingerprint density at radius 1 is 1.21 bits per heavy atom. The highest BCUT2D eigenvalue weighted by Gasteiger charge is 2.27. The quantitative estimate of drug-likeness (QED) is 0.517. The Kier molecular flexibility index (Phi) is 6.88. The van der Waals surface area contributed by atoms with E-state index in [-0.39, 0.29) is 6.47 Å². The lowest BCUT2D eigenvalue weighted by atomic mass is 10.1. The zero-order valence-electron chi connectivity index (χ0n) is 7.72. The van der Waals surface area contributed by atoms with Crippen LogP contribution in [0, 0.1) is 0 Å². The van der Waals surface area contributed by atoms with E-state index >= 15 is 0 Å². The summed E-state index contributed by atoms with van der Waals surface area (Å²) in [4.78, 5) is 9.13. The molecular formula is C9H13F3O2. The molecule has 0 aromatic rings. The van der Waals surface area contributed by atoms with Crippen molar-refractivity contribution in [2.24, 2.45) is 0 Å². The molecule has 0 amide bonds. The van der Waals surface area contributed by atoms with E-state index in [4.69, 9.17) is 4.79 Å².